The maximum absolute atomic E-state index is 12.6. The molecule has 7 heteroatoms. The molecular formula is C21H26ClN5O. The molecule has 1 aliphatic heterocycles. The number of benzene rings is 1. The first-order chi connectivity index (χ1) is 13.6. The van der Waals surface area contributed by atoms with Gasteiger partial charge in [-0.25, -0.2) is 4.68 Å². The third-order valence-electron chi connectivity index (χ3n) is 6.92. The van der Waals surface area contributed by atoms with Crippen molar-refractivity contribution in [2.24, 2.45) is 17.8 Å². The van der Waals surface area contributed by atoms with E-state index >= 15 is 0 Å². The Morgan fingerprint density at radius 2 is 2.00 bits per heavy atom. The van der Waals surface area contributed by atoms with Gasteiger partial charge in [0.1, 0.15) is 0 Å². The number of carbonyl (C=O) groups is 1. The standard InChI is InChI=1S/C21H26ClN5O/c1-2-18(24-21(28)12-3-5-14(22)6-4-12)20-16-7-15(8-17(16)20)27-11-19(25-26-27)13-9-23-10-13/h3-6,11,13,15-18,20,23H,2,7-10H2,1H3,(H,24,28)/t15-,16-,17+,18?,20+. The number of hydrogen-bond acceptors (Lipinski definition) is 4. The van der Waals surface area contributed by atoms with Crippen molar-refractivity contribution in [3.05, 3.63) is 46.7 Å². The lowest BCUT2D eigenvalue weighted by Crippen LogP contribution is -2.40. The van der Waals surface area contributed by atoms with Crippen LogP contribution in [0.4, 0.5) is 0 Å². The molecular weight excluding hydrogens is 374 g/mol. The minimum absolute atomic E-state index is 0.0000612. The van der Waals surface area contributed by atoms with Crippen LogP contribution in [0, 0.1) is 17.8 Å². The number of nitrogens with zero attached hydrogens (tertiary/aromatic N) is 3. The van der Waals surface area contributed by atoms with Crippen LogP contribution in [0.15, 0.2) is 30.5 Å². The lowest BCUT2D eigenvalue weighted by Gasteiger charge is -2.24. The van der Waals surface area contributed by atoms with E-state index in [9.17, 15) is 4.79 Å². The summed E-state index contributed by atoms with van der Waals surface area (Å²) >= 11 is 5.92. The molecule has 1 amide bonds. The number of fused-ring (bicyclic) bond motifs is 1. The summed E-state index contributed by atoms with van der Waals surface area (Å²) in [6, 6.07) is 7.80. The summed E-state index contributed by atoms with van der Waals surface area (Å²) < 4.78 is 2.09. The van der Waals surface area contributed by atoms with E-state index < -0.39 is 0 Å². The highest BCUT2D eigenvalue weighted by molar-refractivity contribution is 6.30. The molecule has 2 heterocycles. The molecule has 5 atom stereocenters. The van der Waals surface area contributed by atoms with Crippen molar-refractivity contribution in [3.8, 4) is 0 Å². The molecule has 2 N–H and O–H groups in total. The van der Waals surface area contributed by atoms with Crippen LogP contribution in [0.3, 0.4) is 0 Å². The lowest BCUT2D eigenvalue weighted by molar-refractivity contribution is 0.0926. The van der Waals surface area contributed by atoms with E-state index in [0.717, 1.165) is 38.0 Å². The van der Waals surface area contributed by atoms with Crippen LogP contribution in [0.5, 0.6) is 0 Å². The van der Waals surface area contributed by atoms with Crippen molar-refractivity contribution in [2.45, 2.75) is 44.2 Å². The van der Waals surface area contributed by atoms with E-state index in [1.54, 1.807) is 24.3 Å². The second kappa shape index (κ2) is 7.16. The molecule has 1 saturated heterocycles. The third kappa shape index (κ3) is 3.22. The van der Waals surface area contributed by atoms with Crippen molar-refractivity contribution >= 4 is 17.5 Å². The van der Waals surface area contributed by atoms with Gasteiger partial charge in [-0.2, -0.15) is 0 Å². The van der Waals surface area contributed by atoms with E-state index in [4.69, 9.17) is 11.6 Å². The van der Waals surface area contributed by atoms with Crippen LogP contribution in [0.2, 0.25) is 5.02 Å². The average Bonchev–Trinajstić information content (AvgIpc) is 3.02. The summed E-state index contributed by atoms with van der Waals surface area (Å²) in [5.74, 6) is 2.51. The predicted molar refractivity (Wildman–Crippen MR) is 107 cm³/mol. The van der Waals surface area contributed by atoms with Crippen molar-refractivity contribution in [1.82, 2.24) is 25.6 Å². The Morgan fingerprint density at radius 1 is 1.29 bits per heavy atom. The average molecular weight is 400 g/mol. The number of nitrogens with one attached hydrogen (secondary N) is 2. The number of rotatable bonds is 6. The highest BCUT2D eigenvalue weighted by atomic mass is 35.5. The molecule has 148 valence electrons. The van der Waals surface area contributed by atoms with Gasteiger partial charge in [-0.05, 0) is 61.3 Å². The Morgan fingerprint density at radius 3 is 2.61 bits per heavy atom. The number of hydrogen-bond donors (Lipinski definition) is 2. The quantitative estimate of drug-likeness (QED) is 0.783. The predicted octanol–water partition coefficient (Wildman–Crippen LogP) is 3.02. The maximum Gasteiger partial charge on any atom is 0.251 e. The second-order valence-corrected chi connectivity index (χ2v) is 8.94. The normalized spacial score (nSPS) is 29.8. The Kier molecular flexibility index (Phi) is 4.63. The summed E-state index contributed by atoms with van der Waals surface area (Å²) in [5.41, 5.74) is 1.80. The third-order valence-corrected chi connectivity index (χ3v) is 7.17. The van der Waals surface area contributed by atoms with E-state index in [2.05, 4.69) is 38.7 Å². The summed E-state index contributed by atoms with van der Waals surface area (Å²) in [6.45, 7) is 4.19. The van der Waals surface area contributed by atoms with Gasteiger partial charge in [-0.1, -0.05) is 23.7 Å². The first-order valence-corrected chi connectivity index (χ1v) is 10.7. The molecule has 5 rings (SSSR count). The molecule has 0 spiro atoms. The van der Waals surface area contributed by atoms with Crippen molar-refractivity contribution in [1.29, 1.82) is 0 Å². The highest BCUT2D eigenvalue weighted by Gasteiger charge is 2.59. The van der Waals surface area contributed by atoms with Gasteiger partial charge in [0.2, 0.25) is 0 Å². The Labute approximate surface area is 170 Å². The highest BCUT2D eigenvalue weighted by Crippen LogP contribution is 2.62. The topological polar surface area (TPSA) is 71.8 Å². The molecule has 2 saturated carbocycles. The van der Waals surface area contributed by atoms with Crippen LogP contribution in [-0.2, 0) is 0 Å². The Balaban J connectivity index is 1.18. The lowest BCUT2D eigenvalue weighted by atomic mass is 9.98. The number of amides is 1. The van der Waals surface area contributed by atoms with Crippen molar-refractivity contribution in [2.75, 3.05) is 13.1 Å². The number of carbonyl (C=O) groups excluding carboxylic acids is 1. The summed E-state index contributed by atoms with van der Waals surface area (Å²) in [5, 5.41) is 16.0. The fraction of sp³-hybridized carbons (Fsp3) is 0.571. The van der Waals surface area contributed by atoms with Gasteiger partial charge in [0.25, 0.3) is 5.91 Å². The van der Waals surface area contributed by atoms with Crippen LogP contribution in [0.25, 0.3) is 0 Å². The van der Waals surface area contributed by atoms with Gasteiger partial charge < -0.3 is 10.6 Å². The van der Waals surface area contributed by atoms with E-state index in [-0.39, 0.29) is 11.9 Å². The summed E-state index contributed by atoms with van der Waals surface area (Å²) in [4.78, 5) is 12.6. The zero-order valence-corrected chi connectivity index (χ0v) is 16.8. The Hall–Kier alpha value is -1.92. The van der Waals surface area contributed by atoms with Crippen LogP contribution >= 0.6 is 11.6 Å². The number of aromatic nitrogens is 3. The minimum atomic E-state index is 0.0000612. The largest absolute Gasteiger partial charge is 0.349 e. The molecule has 28 heavy (non-hydrogen) atoms. The minimum Gasteiger partial charge on any atom is -0.349 e. The second-order valence-electron chi connectivity index (χ2n) is 8.50. The monoisotopic (exact) mass is 399 g/mol. The zero-order valence-electron chi connectivity index (χ0n) is 16.0. The fourth-order valence-electron chi connectivity index (χ4n) is 5.15. The molecule has 3 aliphatic rings. The molecule has 0 bridgehead atoms. The fourth-order valence-corrected chi connectivity index (χ4v) is 5.28. The molecule has 3 fully saturated rings. The smallest absolute Gasteiger partial charge is 0.251 e. The van der Waals surface area contributed by atoms with Gasteiger partial charge >= 0.3 is 0 Å². The molecule has 1 aromatic carbocycles. The van der Waals surface area contributed by atoms with Gasteiger partial charge in [0.15, 0.2) is 0 Å². The van der Waals surface area contributed by atoms with E-state index in [0.29, 0.717) is 40.3 Å². The van der Waals surface area contributed by atoms with Crippen LogP contribution in [-0.4, -0.2) is 40.0 Å². The molecule has 2 aromatic rings. The SMILES string of the molecule is CCC(NC(=O)c1ccc(Cl)cc1)[C@H]1[C@@H]2C[C@@H](n3cc(C4CNC4)nn3)C[C@@H]21. The first kappa shape index (κ1) is 18.1. The van der Waals surface area contributed by atoms with Crippen molar-refractivity contribution < 1.29 is 4.79 Å². The van der Waals surface area contributed by atoms with E-state index in [1.165, 1.54) is 0 Å². The first-order valence-electron chi connectivity index (χ1n) is 10.3. The van der Waals surface area contributed by atoms with Crippen LogP contribution in [0.1, 0.15) is 54.2 Å². The summed E-state index contributed by atoms with van der Waals surface area (Å²) in [7, 11) is 0. The molecule has 2 aliphatic carbocycles. The van der Waals surface area contributed by atoms with Crippen molar-refractivity contribution in [3.63, 3.8) is 0 Å². The van der Waals surface area contributed by atoms with E-state index in [1.807, 2.05) is 0 Å². The zero-order chi connectivity index (χ0) is 19.3. The number of halogens is 1. The molecule has 1 aromatic heterocycles. The summed E-state index contributed by atoms with van der Waals surface area (Å²) in [6.07, 6.45) is 5.40. The molecule has 6 nitrogen and oxygen atoms in total. The maximum atomic E-state index is 12.6. The van der Waals surface area contributed by atoms with Gasteiger partial charge in [0.05, 0.1) is 11.7 Å². The molecule has 0 radical (unpaired) electrons. The van der Waals surface area contributed by atoms with Crippen LogP contribution < -0.4 is 10.6 Å². The molecule has 1 unspecified atom stereocenters. The Bertz CT molecular complexity index is 850. The van der Waals surface area contributed by atoms with Gasteiger partial charge in [0, 0.05) is 41.8 Å². The van der Waals surface area contributed by atoms with Gasteiger partial charge in [-0.3, -0.25) is 4.79 Å². The van der Waals surface area contributed by atoms with Gasteiger partial charge in [-0.15, -0.1) is 5.10 Å².